The van der Waals surface area contributed by atoms with Gasteiger partial charge in [0.15, 0.2) is 11.5 Å². The van der Waals surface area contributed by atoms with Crippen LogP contribution in [-0.2, 0) is 9.53 Å². The first-order valence-corrected chi connectivity index (χ1v) is 8.26. The number of ether oxygens (including phenoxy) is 3. The monoisotopic (exact) mass is 368 g/mol. The zero-order valence-electron chi connectivity index (χ0n) is 15.2. The molecule has 2 aromatic rings. The number of hydrogen-bond acceptors (Lipinski definition) is 5. The van der Waals surface area contributed by atoms with E-state index in [-0.39, 0.29) is 0 Å². The molecular weight excluding hydrogens is 348 g/mol. The maximum Gasteiger partial charge on any atom is 0.338 e. The van der Waals surface area contributed by atoms with Crippen LogP contribution in [0.5, 0.6) is 11.5 Å². The molecule has 1 heterocycles. The summed E-state index contributed by atoms with van der Waals surface area (Å²) >= 11 is 0. The molecule has 0 fully saturated rings. The highest BCUT2D eigenvalue weighted by molar-refractivity contribution is 6.04. The third kappa shape index (κ3) is 3.57. The average Bonchev–Trinajstić information content (AvgIpc) is 2.72. The van der Waals surface area contributed by atoms with Crippen molar-refractivity contribution >= 4 is 17.7 Å². The third-order valence-corrected chi connectivity index (χ3v) is 4.28. The predicted molar refractivity (Wildman–Crippen MR) is 99.3 cm³/mol. The molecule has 140 valence electrons. The summed E-state index contributed by atoms with van der Waals surface area (Å²) in [6, 6.07) is 13.2. The second kappa shape index (κ2) is 7.82. The van der Waals surface area contributed by atoms with Gasteiger partial charge in [-0.2, -0.15) is 0 Å². The van der Waals surface area contributed by atoms with Crippen LogP contribution in [-0.4, -0.2) is 33.3 Å². The number of rotatable bonds is 5. The van der Waals surface area contributed by atoms with Crippen LogP contribution in [0.3, 0.4) is 0 Å². The lowest BCUT2D eigenvalue weighted by Crippen LogP contribution is -2.45. The highest BCUT2D eigenvalue weighted by atomic mass is 16.5. The van der Waals surface area contributed by atoms with Crippen molar-refractivity contribution in [1.29, 1.82) is 0 Å². The smallest absolute Gasteiger partial charge is 0.338 e. The molecule has 0 radical (unpaired) electrons. The third-order valence-electron chi connectivity index (χ3n) is 4.28. The molecule has 1 atom stereocenters. The highest BCUT2D eigenvalue weighted by Gasteiger charge is 2.34. The van der Waals surface area contributed by atoms with Gasteiger partial charge in [-0.3, -0.25) is 0 Å². The van der Waals surface area contributed by atoms with Crippen molar-refractivity contribution in [2.24, 2.45) is 0 Å². The Labute approximate surface area is 156 Å². The lowest BCUT2D eigenvalue weighted by atomic mass is 9.92. The van der Waals surface area contributed by atoms with Crippen LogP contribution in [0.25, 0.3) is 5.70 Å². The molecule has 0 aliphatic carbocycles. The standard InChI is InChI=1S/C20H20N2O5/c1-25-14-10-9-13(11-15(14)26-2)18-16(19(23)27-3)17(21-20(24)22-18)12-7-5-4-6-8-12/h4-11,18H,1-3H3,(H2,21,22,24). The molecule has 2 N–H and O–H groups in total. The van der Waals surface area contributed by atoms with E-state index in [4.69, 9.17) is 14.2 Å². The van der Waals surface area contributed by atoms with Crippen molar-refractivity contribution < 1.29 is 23.8 Å². The lowest BCUT2D eigenvalue weighted by molar-refractivity contribution is -0.136. The van der Waals surface area contributed by atoms with Gasteiger partial charge < -0.3 is 24.8 Å². The molecule has 1 unspecified atom stereocenters. The van der Waals surface area contributed by atoms with Gasteiger partial charge in [0, 0.05) is 0 Å². The zero-order chi connectivity index (χ0) is 19.4. The fourth-order valence-electron chi connectivity index (χ4n) is 3.01. The van der Waals surface area contributed by atoms with Crippen LogP contribution in [0.4, 0.5) is 4.79 Å². The number of benzene rings is 2. The van der Waals surface area contributed by atoms with Gasteiger partial charge in [0.05, 0.1) is 38.6 Å². The number of carbonyl (C=O) groups excluding carboxylic acids is 2. The summed E-state index contributed by atoms with van der Waals surface area (Å²) < 4.78 is 15.6. The van der Waals surface area contributed by atoms with E-state index in [2.05, 4.69) is 10.6 Å². The Morgan fingerprint density at radius 3 is 2.30 bits per heavy atom. The molecule has 0 bridgehead atoms. The minimum absolute atomic E-state index is 0.301. The van der Waals surface area contributed by atoms with Gasteiger partial charge in [-0.1, -0.05) is 36.4 Å². The summed E-state index contributed by atoms with van der Waals surface area (Å²) in [4.78, 5) is 24.9. The molecule has 1 aliphatic rings. The van der Waals surface area contributed by atoms with E-state index in [9.17, 15) is 9.59 Å². The van der Waals surface area contributed by atoms with E-state index in [1.807, 2.05) is 30.3 Å². The molecule has 0 saturated carbocycles. The summed E-state index contributed by atoms with van der Waals surface area (Å²) in [5.74, 6) is 0.503. The van der Waals surface area contributed by atoms with Gasteiger partial charge in [0.25, 0.3) is 0 Å². The number of carbonyl (C=O) groups is 2. The minimum Gasteiger partial charge on any atom is -0.493 e. The van der Waals surface area contributed by atoms with Crippen LogP contribution in [0.1, 0.15) is 17.2 Å². The zero-order valence-corrected chi connectivity index (χ0v) is 15.2. The van der Waals surface area contributed by atoms with Crippen molar-refractivity contribution in [2.75, 3.05) is 21.3 Å². The molecule has 0 aromatic heterocycles. The first-order chi connectivity index (χ1) is 13.1. The normalized spacial score (nSPS) is 16.3. The molecule has 0 spiro atoms. The second-order valence-corrected chi connectivity index (χ2v) is 5.79. The number of esters is 1. The van der Waals surface area contributed by atoms with Gasteiger partial charge in [-0.25, -0.2) is 9.59 Å². The summed E-state index contributed by atoms with van der Waals surface area (Å²) in [5, 5.41) is 5.50. The molecule has 1 aliphatic heterocycles. The van der Waals surface area contributed by atoms with Crippen molar-refractivity contribution in [3.8, 4) is 11.5 Å². The Kier molecular flexibility index (Phi) is 5.30. The molecule has 3 rings (SSSR count). The van der Waals surface area contributed by atoms with E-state index in [0.29, 0.717) is 33.9 Å². The van der Waals surface area contributed by atoms with Crippen molar-refractivity contribution in [1.82, 2.24) is 10.6 Å². The Morgan fingerprint density at radius 2 is 1.67 bits per heavy atom. The largest absolute Gasteiger partial charge is 0.493 e. The first kappa shape index (κ1) is 18.3. The van der Waals surface area contributed by atoms with E-state index >= 15 is 0 Å². The summed E-state index contributed by atoms with van der Waals surface area (Å²) in [6.45, 7) is 0. The molecule has 7 nitrogen and oxygen atoms in total. The predicted octanol–water partition coefficient (Wildman–Crippen LogP) is 2.64. The second-order valence-electron chi connectivity index (χ2n) is 5.79. The van der Waals surface area contributed by atoms with Crippen molar-refractivity contribution in [3.63, 3.8) is 0 Å². The Bertz CT molecular complexity index is 893. The first-order valence-electron chi connectivity index (χ1n) is 8.26. The minimum atomic E-state index is -0.707. The highest BCUT2D eigenvalue weighted by Crippen LogP contribution is 2.36. The molecular formula is C20H20N2O5. The fraction of sp³-hybridized carbons (Fsp3) is 0.200. The van der Waals surface area contributed by atoms with Gasteiger partial charge >= 0.3 is 12.0 Å². The Balaban J connectivity index is 2.18. The van der Waals surface area contributed by atoms with Crippen LogP contribution < -0.4 is 20.1 Å². The Morgan fingerprint density at radius 1 is 0.963 bits per heavy atom. The number of urea groups is 1. The summed E-state index contributed by atoms with van der Waals surface area (Å²) in [5.41, 5.74) is 2.08. The van der Waals surface area contributed by atoms with Gasteiger partial charge in [-0.05, 0) is 23.3 Å². The van der Waals surface area contributed by atoms with Gasteiger partial charge in [-0.15, -0.1) is 0 Å². The van der Waals surface area contributed by atoms with Crippen molar-refractivity contribution in [3.05, 3.63) is 65.2 Å². The molecule has 2 aromatic carbocycles. The van der Waals surface area contributed by atoms with Gasteiger partial charge in [0.1, 0.15) is 0 Å². The quantitative estimate of drug-likeness (QED) is 0.793. The average molecular weight is 368 g/mol. The van der Waals surface area contributed by atoms with E-state index in [1.54, 1.807) is 18.2 Å². The molecule has 2 amide bonds. The number of methoxy groups -OCH3 is 3. The van der Waals surface area contributed by atoms with Crippen LogP contribution >= 0.6 is 0 Å². The molecule has 0 saturated heterocycles. The van der Waals surface area contributed by atoms with Crippen LogP contribution in [0.15, 0.2) is 54.1 Å². The van der Waals surface area contributed by atoms with E-state index in [1.165, 1.54) is 21.3 Å². The summed E-state index contributed by atoms with van der Waals surface area (Å²) in [6.07, 6.45) is 0. The SMILES string of the molecule is COC(=O)C1=C(c2ccccc2)NC(=O)NC1c1ccc(OC)c(OC)c1. The fourth-order valence-corrected chi connectivity index (χ4v) is 3.01. The van der Waals surface area contributed by atoms with E-state index < -0.39 is 18.0 Å². The van der Waals surface area contributed by atoms with Crippen molar-refractivity contribution in [2.45, 2.75) is 6.04 Å². The maximum absolute atomic E-state index is 12.6. The lowest BCUT2D eigenvalue weighted by Gasteiger charge is -2.29. The molecule has 7 heteroatoms. The van der Waals surface area contributed by atoms with Crippen LogP contribution in [0, 0.1) is 0 Å². The van der Waals surface area contributed by atoms with Gasteiger partial charge in [0.2, 0.25) is 0 Å². The number of amides is 2. The van der Waals surface area contributed by atoms with Crippen LogP contribution in [0.2, 0.25) is 0 Å². The Hall–Kier alpha value is -3.48. The topological polar surface area (TPSA) is 85.9 Å². The number of hydrogen-bond donors (Lipinski definition) is 2. The van der Waals surface area contributed by atoms with E-state index in [0.717, 1.165) is 0 Å². The number of nitrogens with one attached hydrogen (secondary N) is 2. The summed E-state index contributed by atoms with van der Waals surface area (Å²) in [7, 11) is 4.37. The maximum atomic E-state index is 12.6. The molecule has 27 heavy (non-hydrogen) atoms.